The molecule has 0 unspecified atom stereocenters. The van der Waals surface area contributed by atoms with Gasteiger partial charge in [-0.3, -0.25) is 9.36 Å². The number of halogens is 1. The second-order valence-electron chi connectivity index (χ2n) is 6.13. The molecule has 7 heteroatoms. The number of aromatic nitrogens is 3. The van der Waals surface area contributed by atoms with Gasteiger partial charge in [0.1, 0.15) is 0 Å². The highest BCUT2D eigenvalue weighted by Crippen LogP contribution is 2.21. The SMILES string of the molecule is CCn1c(SCc2ccc(Br)cc2)nnc(NCc2ccc(C)cc2)c1=O. The lowest BCUT2D eigenvalue weighted by Crippen LogP contribution is -2.27. The molecular formula is C20H21BrN4OS. The third-order valence-corrected chi connectivity index (χ3v) is 5.66. The number of aryl methyl sites for hydroxylation is 1. The Bertz CT molecular complexity index is 955. The third-order valence-electron chi connectivity index (χ3n) is 4.09. The van der Waals surface area contributed by atoms with Crippen molar-refractivity contribution in [3.8, 4) is 0 Å². The molecule has 3 aromatic rings. The normalized spacial score (nSPS) is 10.8. The first-order valence-corrected chi connectivity index (χ1v) is 10.5. The summed E-state index contributed by atoms with van der Waals surface area (Å²) in [7, 11) is 0. The minimum Gasteiger partial charge on any atom is -0.360 e. The summed E-state index contributed by atoms with van der Waals surface area (Å²) in [4.78, 5) is 12.7. The first kappa shape index (κ1) is 19.6. The summed E-state index contributed by atoms with van der Waals surface area (Å²) in [6.07, 6.45) is 0. The summed E-state index contributed by atoms with van der Waals surface area (Å²) in [5.74, 6) is 1.02. The summed E-state index contributed by atoms with van der Waals surface area (Å²) >= 11 is 4.95. The van der Waals surface area contributed by atoms with Crippen LogP contribution in [0.2, 0.25) is 0 Å². The van der Waals surface area contributed by atoms with Gasteiger partial charge in [-0.2, -0.15) is 0 Å². The predicted octanol–water partition coefficient (Wildman–Crippen LogP) is 4.63. The van der Waals surface area contributed by atoms with Crippen molar-refractivity contribution >= 4 is 33.5 Å². The Morgan fingerprint density at radius 1 is 1.04 bits per heavy atom. The molecule has 0 aliphatic rings. The van der Waals surface area contributed by atoms with E-state index in [2.05, 4.69) is 55.7 Å². The molecule has 0 spiro atoms. The molecule has 0 bridgehead atoms. The molecule has 1 heterocycles. The van der Waals surface area contributed by atoms with Crippen LogP contribution in [0, 0.1) is 6.92 Å². The van der Waals surface area contributed by atoms with E-state index in [1.165, 1.54) is 22.9 Å². The monoisotopic (exact) mass is 444 g/mol. The van der Waals surface area contributed by atoms with E-state index in [4.69, 9.17) is 0 Å². The summed E-state index contributed by atoms with van der Waals surface area (Å²) < 4.78 is 2.71. The van der Waals surface area contributed by atoms with Crippen LogP contribution in [0.4, 0.5) is 5.82 Å². The number of nitrogens with zero attached hydrogens (tertiary/aromatic N) is 3. The molecule has 5 nitrogen and oxygen atoms in total. The summed E-state index contributed by atoms with van der Waals surface area (Å²) in [6, 6.07) is 16.3. The minimum atomic E-state index is -0.141. The minimum absolute atomic E-state index is 0.141. The number of nitrogens with one attached hydrogen (secondary N) is 1. The Balaban J connectivity index is 1.71. The lowest BCUT2D eigenvalue weighted by atomic mass is 10.1. The average Bonchev–Trinajstić information content (AvgIpc) is 2.68. The molecule has 1 aromatic heterocycles. The van der Waals surface area contributed by atoms with E-state index in [9.17, 15) is 4.79 Å². The highest BCUT2D eigenvalue weighted by atomic mass is 79.9. The van der Waals surface area contributed by atoms with E-state index in [0.29, 0.717) is 18.2 Å². The molecule has 0 aliphatic heterocycles. The van der Waals surface area contributed by atoms with E-state index in [-0.39, 0.29) is 11.4 Å². The third kappa shape index (κ3) is 5.20. The summed E-state index contributed by atoms with van der Waals surface area (Å²) in [6.45, 7) is 5.08. The zero-order valence-electron chi connectivity index (χ0n) is 15.3. The molecule has 0 radical (unpaired) electrons. The first-order chi connectivity index (χ1) is 13.1. The zero-order chi connectivity index (χ0) is 19.2. The number of benzene rings is 2. The van der Waals surface area contributed by atoms with Crippen molar-refractivity contribution < 1.29 is 0 Å². The molecule has 0 aliphatic carbocycles. The van der Waals surface area contributed by atoms with E-state index in [1.807, 2.05) is 38.1 Å². The van der Waals surface area contributed by atoms with Gasteiger partial charge in [0.05, 0.1) is 0 Å². The number of rotatable bonds is 7. The topological polar surface area (TPSA) is 59.8 Å². The van der Waals surface area contributed by atoms with Gasteiger partial charge in [0.2, 0.25) is 5.82 Å². The van der Waals surface area contributed by atoms with Crippen LogP contribution in [0.1, 0.15) is 23.6 Å². The quantitative estimate of drug-likeness (QED) is 0.538. The number of thioether (sulfide) groups is 1. The van der Waals surface area contributed by atoms with Gasteiger partial charge in [0, 0.05) is 23.3 Å². The molecule has 27 heavy (non-hydrogen) atoms. The second kappa shape index (κ2) is 9.19. The van der Waals surface area contributed by atoms with Crippen LogP contribution in [0.5, 0.6) is 0 Å². The van der Waals surface area contributed by atoms with Gasteiger partial charge in [-0.15, -0.1) is 10.2 Å². The van der Waals surface area contributed by atoms with E-state index in [0.717, 1.165) is 15.8 Å². The molecule has 1 N–H and O–H groups in total. The molecule has 3 rings (SSSR count). The Morgan fingerprint density at radius 3 is 2.37 bits per heavy atom. The molecule has 0 fully saturated rings. The zero-order valence-corrected chi connectivity index (χ0v) is 17.7. The maximum absolute atomic E-state index is 12.7. The van der Waals surface area contributed by atoms with Gasteiger partial charge in [-0.05, 0) is 37.1 Å². The lowest BCUT2D eigenvalue weighted by Gasteiger charge is -2.11. The predicted molar refractivity (Wildman–Crippen MR) is 114 cm³/mol. The fourth-order valence-corrected chi connectivity index (χ4v) is 3.74. The molecule has 140 valence electrons. The van der Waals surface area contributed by atoms with Gasteiger partial charge in [0.25, 0.3) is 5.56 Å². The van der Waals surface area contributed by atoms with Crippen molar-refractivity contribution in [3.05, 3.63) is 80.0 Å². The van der Waals surface area contributed by atoms with Gasteiger partial charge in [-0.25, -0.2) is 0 Å². The van der Waals surface area contributed by atoms with E-state index < -0.39 is 0 Å². The number of hydrogen-bond acceptors (Lipinski definition) is 5. The van der Waals surface area contributed by atoms with Gasteiger partial charge in [0.15, 0.2) is 5.16 Å². The fourth-order valence-electron chi connectivity index (χ4n) is 2.52. The summed E-state index contributed by atoms with van der Waals surface area (Å²) in [5.41, 5.74) is 3.33. The van der Waals surface area contributed by atoms with Gasteiger partial charge < -0.3 is 5.32 Å². The molecule has 0 amide bonds. The van der Waals surface area contributed by atoms with Crippen LogP contribution in [-0.4, -0.2) is 14.8 Å². The Morgan fingerprint density at radius 2 is 1.70 bits per heavy atom. The van der Waals surface area contributed by atoms with Crippen LogP contribution in [0.3, 0.4) is 0 Å². The fraction of sp³-hybridized carbons (Fsp3) is 0.250. The van der Waals surface area contributed by atoms with Crippen molar-refractivity contribution in [2.75, 3.05) is 5.32 Å². The van der Waals surface area contributed by atoms with Gasteiger partial charge >= 0.3 is 0 Å². The van der Waals surface area contributed by atoms with Crippen LogP contribution in [-0.2, 0) is 18.8 Å². The Kier molecular flexibility index (Phi) is 6.68. The molecule has 0 saturated carbocycles. The first-order valence-electron chi connectivity index (χ1n) is 8.71. The largest absolute Gasteiger partial charge is 0.360 e. The lowest BCUT2D eigenvalue weighted by molar-refractivity contribution is 0.595. The van der Waals surface area contributed by atoms with Crippen molar-refractivity contribution in [3.63, 3.8) is 0 Å². The maximum Gasteiger partial charge on any atom is 0.297 e. The molecule has 2 aromatic carbocycles. The Labute approximate surface area is 171 Å². The maximum atomic E-state index is 12.7. The van der Waals surface area contributed by atoms with Crippen LogP contribution < -0.4 is 10.9 Å². The van der Waals surface area contributed by atoms with Crippen LogP contribution >= 0.6 is 27.7 Å². The second-order valence-corrected chi connectivity index (χ2v) is 7.99. The van der Waals surface area contributed by atoms with Crippen molar-refractivity contribution in [2.24, 2.45) is 0 Å². The highest BCUT2D eigenvalue weighted by Gasteiger charge is 2.11. The number of anilines is 1. The van der Waals surface area contributed by atoms with Gasteiger partial charge in [-0.1, -0.05) is 69.7 Å². The number of hydrogen-bond donors (Lipinski definition) is 1. The molecule has 0 atom stereocenters. The highest BCUT2D eigenvalue weighted by molar-refractivity contribution is 9.10. The molecule has 0 saturated heterocycles. The van der Waals surface area contributed by atoms with Crippen molar-refractivity contribution in [2.45, 2.75) is 37.8 Å². The average molecular weight is 445 g/mol. The van der Waals surface area contributed by atoms with Crippen molar-refractivity contribution in [1.29, 1.82) is 0 Å². The van der Waals surface area contributed by atoms with Crippen LogP contribution in [0.25, 0.3) is 0 Å². The molecular weight excluding hydrogens is 424 g/mol. The smallest absolute Gasteiger partial charge is 0.297 e. The standard InChI is InChI=1S/C20H21BrN4OS/c1-3-25-19(26)18(22-12-15-6-4-14(2)5-7-15)23-24-20(25)27-13-16-8-10-17(21)11-9-16/h4-11H,3,12-13H2,1-2H3,(H,22,23). The van der Waals surface area contributed by atoms with E-state index >= 15 is 0 Å². The Hall–Kier alpha value is -2.12. The van der Waals surface area contributed by atoms with Crippen LogP contribution in [0.15, 0.2) is 63.0 Å². The summed E-state index contributed by atoms with van der Waals surface area (Å²) in [5, 5.41) is 12.1. The van der Waals surface area contributed by atoms with Crippen molar-refractivity contribution in [1.82, 2.24) is 14.8 Å². The van der Waals surface area contributed by atoms with E-state index in [1.54, 1.807) is 4.57 Å².